The zero-order chi connectivity index (χ0) is 9.42. The smallest absolute Gasteiger partial charge is 0.166 e. The molecule has 0 spiro atoms. The molecule has 1 aliphatic rings. The van der Waals surface area contributed by atoms with Crippen LogP contribution in [0.1, 0.15) is 11.6 Å². The highest BCUT2D eigenvalue weighted by Crippen LogP contribution is 2.36. The number of rotatable bonds is 1. The van der Waals surface area contributed by atoms with Gasteiger partial charge >= 0.3 is 0 Å². The normalized spacial score (nSPS) is 19.8. The minimum Gasteiger partial charge on any atom is -0.488 e. The van der Waals surface area contributed by atoms with Crippen molar-refractivity contribution in [2.24, 2.45) is 0 Å². The number of likely N-dealkylation sites (N-methyl/N-ethyl adjacent to an activating group) is 1. The van der Waals surface area contributed by atoms with Gasteiger partial charge < -0.3 is 10.1 Å². The third-order valence-corrected chi connectivity index (χ3v) is 2.61. The molecular weight excluding hydrogens is 237 g/mol. The molecule has 1 atom stereocenters. The van der Waals surface area contributed by atoms with Crippen molar-refractivity contribution in [2.45, 2.75) is 6.04 Å². The van der Waals surface area contributed by atoms with Crippen LogP contribution in [-0.2, 0) is 0 Å². The Morgan fingerprint density at radius 1 is 1.62 bits per heavy atom. The van der Waals surface area contributed by atoms with Gasteiger partial charge in [0.1, 0.15) is 6.61 Å². The second-order valence-electron chi connectivity index (χ2n) is 2.96. The lowest BCUT2D eigenvalue weighted by molar-refractivity contribution is 0.306. The van der Waals surface area contributed by atoms with E-state index >= 15 is 0 Å². The average molecular weight is 246 g/mol. The molecule has 1 N–H and O–H groups in total. The summed E-state index contributed by atoms with van der Waals surface area (Å²) in [7, 11) is 1.84. The molecule has 0 saturated heterocycles. The fraction of sp³-hybridized carbons (Fsp3) is 0.333. The van der Waals surface area contributed by atoms with E-state index in [9.17, 15) is 4.39 Å². The Kier molecular flexibility index (Phi) is 2.26. The number of hydrogen-bond donors (Lipinski definition) is 1. The number of nitrogens with one attached hydrogen (secondary N) is 1. The predicted molar refractivity (Wildman–Crippen MR) is 51.4 cm³/mol. The van der Waals surface area contributed by atoms with Crippen molar-refractivity contribution in [2.75, 3.05) is 13.7 Å². The molecular formula is C9H9BrFNO. The standard InChI is InChI=1S/C9H9BrFNO/c1-12-8-4-13-9-6(8)2-5(10)3-7(9)11/h2-3,8,12H,4H2,1H3. The van der Waals surface area contributed by atoms with Gasteiger partial charge in [-0.15, -0.1) is 0 Å². The molecule has 1 unspecified atom stereocenters. The van der Waals surface area contributed by atoms with Gasteiger partial charge in [-0.1, -0.05) is 15.9 Å². The highest BCUT2D eigenvalue weighted by atomic mass is 79.9. The highest BCUT2D eigenvalue weighted by Gasteiger charge is 2.25. The number of fused-ring (bicyclic) bond motifs is 1. The van der Waals surface area contributed by atoms with Crippen LogP contribution in [0.2, 0.25) is 0 Å². The van der Waals surface area contributed by atoms with Gasteiger partial charge in [0.25, 0.3) is 0 Å². The summed E-state index contributed by atoms with van der Waals surface area (Å²) in [5.74, 6) is 0.0738. The third-order valence-electron chi connectivity index (χ3n) is 2.16. The SMILES string of the molecule is CNC1COc2c(F)cc(Br)cc21. The van der Waals surface area contributed by atoms with Gasteiger partial charge in [0.05, 0.1) is 6.04 Å². The predicted octanol–water partition coefficient (Wildman–Crippen LogP) is 2.24. The first-order valence-corrected chi connectivity index (χ1v) is 4.80. The van der Waals surface area contributed by atoms with Crippen LogP contribution in [0.15, 0.2) is 16.6 Å². The van der Waals surface area contributed by atoms with Gasteiger partial charge in [-0.05, 0) is 19.2 Å². The van der Waals surface area contributed by atoms with Crippen molar-refractivity contribution < 1.29 is 9.13 Å². The lowest BCUT2D eigenvalue weighted by Crippen LogP contribution is -2.17. The van der Waals surface area contributed by atoms with Crippen LogP contribution in [0.4, 0.5) is 4.39 Å². The summed E-state index contributed by atoms with van der Waals surface area (Å²) in [5, 5.41) is 3.06. The van der Waals surface area contributed by atoms with Crippen LogP contribution >= 0.6 is 15.9 Å². The molecule has 4 heteroatoms. The van der Waals surface area contributed by atoms with Crippen LogP contribution in [0.3, 0.4) is 0 Å². The lowest BCUT2D eigenvalue weighted by Gasteiger charge is -2.06. The van der Waals surface area contributed by atoms with E-state index in [2.05, 4.69) is 21.2 Å². The molecule has 2 nitrogen and oxygen atoms in total. The van der Waals surface area contributed by atoms with Gasteiger partial charge in [0.15, 0.2) is 11.6 Å². The minimum absolute atomic E-state index is 0.0991. The summed E-state index contributed by atoms with van der Waals surface area (Å²) in [4.78, 5) is 0. The van der Waals surface area contributed by atoms with E-state index in [4.69, 9.17) is 4.74 Å². The molecule has 1 aliphatic heterocycles. The van der Waals surface area contributed by atoms with Crippen LogP contribution in [0.25, 0.3) is 0 Å². The Balaban J connectivity index is 2.51. The molecule has 0 aromatic heterocycles. The van der Waals surface area contributed by atoms with Crippen molar-refractivity contribution in [1.82, 2.24) is 5.32 Å². The first-order chi connectivity index (χ1) is 6.22. The summed E-state index contributed by atoms with van der Waals surface area (Å²) >= 11 is 3.25. The highest BCUT2D eigenvalue weighted by molar-refractivity contribution is 9.10. The third kappa shape index (κ3) is 1.44. The van der Waals surface area contributed by atoms with Crippen LogP contribution in [0.5, 0.6) is 5.75 Å². The first kappa shape index (κ1) is 8.97. The molecule has 1 aromatic rings. The molecule has 1 aromatic carbocycles. The molecule has 70 valence electrons. The van der Waals surface area contributed by atoms with Gasteiger partial charge in [0.2, 0.25) is 0 Å². The van der Waals surface area contributed by atoms with Crippen molar-refractivity contribution in [3.05, 3.63) is 28.0 Å². The first-order valence-electron chi connectivity index (χ1n) is 4.01. The van der Waals surface area contributed by atoms with E-state index in [0.29, 0.717) is 12.4 Å². The van der Waals surface area contributed by atoms with E-state index in [-0.39, 0.29) is 11.9 Å². The Labute approximate surface area is 84.2 Å². The number of halogens is 2. The van der Waals surface area contributed by atoms with Gasteiger partial charge in [-0.25, -0.2) is 4.39 Å². The van der Waals surface area contributed by atoms with Crippen molar-refractivity contribution in [3.63, 3.8) is 0 Å². The maximum Gasteiger partial charge on any atom is 0.166 e. The van der Waals surface area contributed by atoms with Crippen molar-refractivity contribution >= 4 is 15.9 Å². The fourth-order valence-corrected chi connectivity index (χ4v) is 1.93. The zero-order valence-corrected chi connectivity index (χ0v) is 8.69. The molecule has 0 saturated carbocycles. The molecule has 0 bridgehead atoms. The van der Waals surface area contributed by atoms with E-state index in [0.717, 1.165) is 10.0 Å². The second-order valence-corrected chi connectivity index (χ2v) is 3.87. The summed E-state index contributed by atoms with van der Waals surface area (Å²) in [5.41, 5.74) is 0.884. The van der Waals surface area contributed by atoms with Gasteiger partial charge in [0, 0.05) is 10.0 Å². The number of benzene rings is 1. The molecule has 1 heterocycles. The molecule has 13 heavy (non-hydrogen) atoms. The van der Waals surface area contributed by atoms with Gasteiger partial charge in [-0.3, -0.25) is 0 Å². The maximum absolute atomic E-state index is 13.3. The average Bonchev–Trinajstić information content (AvgIpc) is 2.47. The molecule has 0 aliphatic carbocycles. The summed E-state index contributed by atoms with van der Waals surface area (Å²) in [6, 6.07) is 3.39. The van der Waals surface area contributed by atoms with Crippen LogP contribution < -0.4 is 10.1 Å². The summed E-state index contributed by atoms with van der Waals surface area (Å²) in [6.07, 6.45) is 0. The van der Waals surface area contributed by atoms with E-state index in [1.165, 1.54) is 6.07 Å². The maximum atomic E-state index is 13.3. The monoisotopic (exact) mass is 245 g/mol. The van der Waals surface area contributed by atoms with E-state index in [1.54, 1.807) is 0 Å². The van der Waals surface area contributed by atoms with Crippen LogP contribution in [-0.4, -0.2) is 13.7 Å². The Morgan fingerprint density at radius 2 is 2.38 bits per heavy atom. The number of hydrogen-bond acceptors (Lipinski definition) is 2. The van der Waals surface area contributed by atoms with Crippen LogP contribution in [0, 0.1) is 5.82 Å². The lowest BCUT2D eigenvalue weighted by atomic mass is 10.1. The fourth-order valence-electron chi connectivity index (χ4n) is 1.49. The summed E-state index contributed by atoms with van der Waals surface area (Å²) < 4.78 is 19.3. The quantitative estimate of drug-likeness (QED) is 0.820. The topological polar surface area (TPSA) is 21.3 Å². The minimum atomic E-state index is -0.304. The van der Waals surface area contributed by atoms with E-state index in [1.807, 2.05) is 13.1 Å². The van der Waals surface area contributed by atoms with Crippen molar-refractivity contribution in [1.29, 1.82) is 0 Å². The van der Waals surface area contributed by atoms with Gasteiger partial charge in [-0.2, -0.15) is 0 Å². The molecule has 2 rings (SSSR count). The largest absolute Gasteiger partial charge is 0.488 e. The Hall–Kier alpha value is -0.610. The molecule has 0 radical (unpaired) electrons. The Morgan fingerprint density at radius 3 is 3.08 bits per heavy atom. The molecule has 0 amide bonds. The molecule has 0 fully saturated rings. The Bertz CT molecular complexity index is 343. The van der Waals surface area contributed by atoms with E-state index < -0.39 is 0 Å². The number of ether oxygens (including phenoxy) is 1. The van der Waals surface area contributed by atoms with Crippen molar-refractivity contribution in [3.8, 4) is 5.75 Å². The second kappa shape index (κ2) is 3.27. The zero-order valence-electron chi connectivity index (χ0n) is 7.10. The summed E-state index contributed by atoms with van der Waals surface area (Å²) in [6.45, 7) is 0.499.